The number of nitrogen functional groups attached to an aromatic ring is 1. The zero-order chi connectivity index (χ0) is 19.5. The molecule has 1 heterocycles. The maximum Gasteiger partial charge on any atom is 0.255 e. The van der Waals surface area contributed by atoms with Gasteiger partial charge in [0.2, 0.25) is 0 Å². The number of hydrogen-bond acceptors (Lipinski definition) is 3. The first-order valence-corrected chi connectivity index (χ1v) is 9.35. The maximum atomic E-state index is 12.5. The largest absolute Gasteiger partial charge is 0.397 e. The van der Waals surface area contributed by atoms with Crippen molar-refractivity contribution in [3.8, 4) is 0 Å². The normalized spacial score (nSPS) is 10.9. The molecule has 3 N–H and O–H groups in total. The number of fused-ring (bicyclic) bond motifs is 1. The summed E-state index contributed by atoms with van der Waals surface area (Å²) in [5.41, 5.74) is 11.0. The van der Waals surface area contributed by atoms with Crippen LogP contribution in [-0.4, -0.2) is 15.7 Å². The van der Waals surface area contributed by atoms with Gasteiger partial charge in [0.15, 0.2) is 0 Å². The summed E-state index contributed by atoms with van der Waals surface area (Å²) in [5, 5.41) is 8.77. The number of nitrogens with zero attached hydrogens (tertiary/aromatic N) is 2. The molecule has 3 aromatic carbocycles. The molecule has 0 unspecified atom stereocenters. The van der Waals surface area contributed by atoms with E-state index >= 15 is 0 Å². The lowest BCUT2D eigenvalue weighted by Crippen LogP contribution is -2.13. The lowest BCUT2D eigenvalue weighted by molar-refractivity contribution is 0.102. The number of para-hydroxylation sites is 2. The summed E-state index contributed by atoms with van der Waals surface area (Å²) in [6.07, 6.45) is 0.916. The lowest BCUT2D eigenvalue weighted by Gasteiger charge is -2.09. The summed E-state index contributed by atoms with van der Waals surface area (Å²) < 4.78 is 2.05. The van der Waals surface area contributed by atoms with Crippen LogP contribution in [0.1, 0.15) is 28.5 Å². The highest BCUT2D eigenvalue weighted by Gasteiger charge is 2.11. The number of benzene rings is 3. The van der Waals surface area contributed by atoms with Gasteiger partial charge in [-0.3, -0.25) is 9.48 Å². The minimum Gasteiger partial charge on any atom is -0.397 e. The molecular weight excluding hydrogens is 348 g/mol. The molecule has 28 heavy (non-hydrogen) atoms. The van der Waals surface area contributed by atoms with Gasteiger partial charge in [0.1, 0.15) is 0 Å². The Labute approximate surface area is 163 Å². The van der Waals surface area contributed by atoms with Crippen LogP contribution < -0.4 is 11.1 Å². The van der Waals surface area contributed by atoms with Crippen molar-refractivity contribution in [2.75, 3.05) is 11.1 Å². The van der Waals surface area contributed by atoms with Crippen molar-refractivity contribution in [3.63, 3.8) is 0 Å². The van der Waals surface area contributed by atoms with E-state index in [0.29, 0.717) is 23.5 Å². The van der Waals surface area contributed by atoms with Crippen molar-refractivity contribution in [2.45, 2.75) is 19.9 Å². The number of anilines is 2. The molecule has 0 saturated heterocycles. The molecule has 1 amide bonds. The number of hydrogen-bond donors (Lipinski definition) is 2. The number of nitrogens with one attached hydrogen (secondary N) is 1. The van der Waals surface area contributed by atoms with Gasteiger partial charge in [-0.05, 0) is 42.3 Å². The maximum absolute atomic E-state index is 12.5. The van der Waals surface area contributed by atoms with Crippen molar-refractivity contribution in [3.05, 3.63) is 89.6 Å². The number of aromatic nitrogens is 2. The predicted octanol–water partition coefficient (Wildman–Crippen LogP) is 4.48. The number of carbonyl (C=O) groups excluding carboxylic acids is 1. The zero-order valence-electron chi connectivity index (χ0n) is 15.7. The Hall–Kier alpha value is -3.60. The molecule has 0 bridgehead atoms. The molecule has 0 atom stereocenters. The third kappa shape index (κ3) is 3.47. The van der Waals surface area contributed by atoms with E-state index < -0.39 is 0 Å². The van der Waals surface area contributed by atoms with Crippen molar-refractivity contribution in [2.24, 2.45) is 0 Å². The topological polar surface area (TPSA) is 72.9 Å². The quantitative estimate of drug-likeness (QED) is 0.509. The first-order valence-electron chi connectivity index (χ1n) is 9.35. The summed E-state index contributed by atoms with van der Waals surface area (Å²) in [4.78, 5) is 12.5. The van der Waals surface area contributed by atoms with Crippen LogP contribution in [-0.2, 0) is 13.0 Å². The molecule has 0 aliphatic heterocycles. The van der Waals surface area contributed by atoms with Gasteiger partial charge in [0.05, 0.1) is 23.4 Å². The van der Waals surface area contributed by atoms with Gasteiger partial charge in [0.25, 0.3) is 5.91 Å². The second-order valence-electron chi connectivity index (χ2n) is 6.71. The van der Waals surface area contributed by atoms with E-state index in [0.717, 1.165) is 17.5 Å². The van der Waals surface area contributed by atoms with Gasteiger partial charge >= 0.3 is 0 Å². The molecule has 0 spiro atoms. The second-order valence-corrected chi connectivity index (χ2v) is 6.71. The molecule has 4 aromatic rings. The van der Waals surface area contributed by atoms with Crippen LogP contribution in [0.25, 0.3) is 10.9 Å². The van der Waals surface area contributed by atoms with E-state index in [1.165, 1.54) is 11.1 Å². The highest BCUT2D eigenvalue weighted by molar-refractivity contribution is 6.05. The Morgan fingerprint density at radius 3 is 2.46 bits per heavy atom. The standard InChI is InChI=1S/C23H22N4O/c1-2-22-18-7-3-5-9-20(18)26-27(22)15-16-11-13-17(14-12-16)23(28)25-21-10-6-4-8-19(21)24/h3-14H,2,15,24H2,1H3,(H,25,28). The minimum atomic E-state index is -0.177. The van der Waals surface area contributed by atoms with Crippen LogP contribution in [0.2, 0.25) is 0 Å². The van der Waals surface area contributed by atoms with Gasteiger partial charge in [-0.25, -0.2) is 0 Å². The average Bonchev–Trinajstić information content (AvgIpc) is 3.07. The van der Waals surface area contributed by atoms with Gasteiger partial charge in [-0.1, -0.05) is 49.4 Å². The Morgan fingerprint density at radius 1 is 1.00 bits per heavy atom. The van der Waals surface area contributed by atoms with Crippen molar-refractivity contribution >= 4 is 28.2 Å². The molecule has 0 radical (unpaired) electrons. The van der Waals surface area contributed by atoms with E-state index in [2.05, 4.69) is 18.3 Å². The third-order valence-electron chi connectivity index (χ3n) is 4.85. The van der Waals surface area contributed by atoms with Gasteiger partial charge in [-0.2, -0.15) is 5.10 Å². The van der Waals surface area contributed by atoms with Crippen LogP contribution >= 0.6 is 0 Å². The zero-order valence-corrected chi connectivity index (χ0v) is 15.7. The number of aryl methyl sites for hydroxylation is 1. The predicted molar refractivity (Wildman–Crippen MR) is 113 cm³/mol. The van der Waals surface area contributed by atoms with Crippen molar-refractivity contribution < 1.29 is 4.79 Å². The van der Waals surface area contributed by atoms with Crippen LogP contribution in [0.4, 0.5) is 11.4 Å². The Bertz CT molecular complexity index is 1130. The van der Waals surface area contributed by atoms with Crippen molar-refractivity contribution in [1.29, 1.82) is 0 Å². The molecule has 140 valence electrons. The molecule has 4 rings (SSSR count). The second kappa shape index (κ2) is 7.56. The van der Waals surface area contributed by atoms with Gasteiger partial charge in [0, 0.05) is 16.6 Å². The van der Waals surface area contributed by atoms with Crippen molar-refractivity contribution in [1.82, 2.24) is 9.78 Å². The number of rotatable bonds is 5. The summed E-state index contributed by atoms with van der Waals surface area (Å²) in [7, 11) is 0. The smallest absolute Gasteiger partial charge is 0.255 e. The first kappa shape index (κ1) is 17.8. The number of nitrogens with two attached hydrogens (primary N) is 1. The van der Waals surface area contributed by atoms with E-state index in [-0.39, 0.29) is 5.91 Å². The van der Waals surface area contributed by atoms with Gasteiger partial charge < -0.3 is 11.1 Å². The molecule has 1 aromatic heterocycles. The van der Waals surface area contributed by atoms with Crippen LogP contribution in [0.5, 0.6) is 0 Å². The molecule has 0 saturated carbocycles. The highest BCUT2D eigenvalue weighted by atomic mass is 16.1. The molecule has 0 aliphatic rings. The third-order valence-corrected chi connectivity index (χ3v) is 4.85. The monoisotopic (exact) mass is 370 g/mol. The fourth-order valence-electron chi connectivity index (χ4n) is 3.38. The fraction of sp³-hybridized carbons (Fsp3) is 0.130. The Morgan fingerprint density at radius 2 is 1.71 bits per heavy atom. The molecule has 0 aliphatic carbocycles. The van der Waals surface area contributed by atoms with E-state index in [9.17, 15) is 4.79 Å². The highest BCUT2D eigenvalue weighted by Crippen LogP contribution is 2.21. The molecular formula is C23H22N4O. The first-order chi connectivity index (χ1) is 13.7. The molecule has 5 nitrogen and oxygen atoms in total. The minimum absolute atomic E-state index is 0.177. The Balaban J connectivity index is 1.52. The fourth-order valence-corrected chi connectivity index (χ4v) is 3.38. The molecule has 0 fully saturated rings. The lowest BCUT2D eigenvalue weighted by atomic mass is 10.1. The molecule has 5 heteroatoms. The van der Waals surface area contributed by atoms with E-state index in [4.69, 9.17) is 10.8 Å². The summed E-state index contributed by atoms with van der Waals surface area (Å²) in [6, 6.07) is 23.0. The van der Waals surface area contributed by atoms with Crippen LogP contribution in [0.15, 0.2) is 72.8 Å². The number of carbonyl (C=O) groups is 1. The van der Waals surface area contributed by atoms with E-state index in [1.54, 1.807) is 12.1 Å². The van der Waals surface area contributed by atoms with Crippen LogP contribution in [0.3, 0.4) is 0 Å². The van der Waals surface area contributed by atoms with Gasteiger partial charge in [-0.15, -0.1) is 0 Å². The van der Waals surface area contributed by atoms with Crippen LogP contribution in [0, 0.1) is 0 Å². The summed E-state index contributed by atoms with van der Waals surface area (Å²) >= 11 is 0. The SMILES string of the molecule is CCc1c2ccccc2nn1Cc1ccc(C(=O)Nc2ccccc2N)cc1. The Kier molecular flexibility index (Phi) is 4.81. The summed E-state index contributed by atoms with van der Waals surface area (Å²) in [5.74, 6) is -0.177. The number of amides is 1. The summed E-state index contributed by atoms with van der Waals surface area (Å²) in [6.45, 7) is 2.81. The average molecular weight is 370 g/mol. The van der Waals surface area contributed by atoms with E-state index in [1.807, 2.05) is 59.3 Å².